The van der Waals surface area contributed by atoms with Crippen molar-refractivity contribution in [2.45, 2.75) is 11.4 Å². The summed E-state index contributed by atoms with van der Waals surface area (Å²) in [7, 11) is 0. The van der Waals surface area contributed by atoms with Crippen LogP contribution in [-0.4, -0.2) is 54.9 Å². The average molecular weight is 313 g/mol. The van der Waals surface area contributed by atoms with E-state index in [1.165, 1.54) is 0 Å². The van der Waals surface area contributed by atoms with Crippen LogP contribution < -0.4 is 5.73 Å². The normalized spacial score (nSPS) is 12.7. The average Bonchev–Trinajstić information content (AvgIpc) is 1.82. The second-order valence-corrected chi connectivity index (χ2v) is 4.22. The van der Waals surface area contributed by atoms with Crippen LogP contribution in [-0.2, 0) is 12.5 Å². The van der Waals surface area contributed by atoms with Gasteiger partial charge >= 0.3 is 78.4 Å². The van der Waals surface area contributed by atoms with Crippen LogP contribution >= 0.6 is 0 Å². The van der Waals surface area contributed by atoms with E-state index in [1.807, 2.05) is 0 Å². The number of carboxylic acid groups (broad SMARTS) is 1. The van der Waals surface area contributed by atoms with Crippen molar-refractivity contribution >= 4 is 35.4 Å². The summed E-state index contributed by atoms with van der Waals surface area (Å²) < 4.78 is 31.9. The van der Waals surface area contributed by atoms with Crippen LogP contribution in [0.5, 0.6) is 0 Å². The van der Waals surface area contributed by atoms with Gasteiger partial charge in [0, 0.05) is 0 Å². The summed E-state index contributed by atoms with van der Waals surface area (Å²) >= 11 is -3.12. The van der Waals surface area contributed by atoms with Crippen molar-refractivity contribution in [1.82, 2.24) is 0 Å². The third-order valence-corrected chi connectivity index (χ3v) is 1.34. The molecular formula is C3H9NO6Se2. The maximum atomic E-state index is 9.80. The molecule has 0 aliphatic carbocycles. The van der Waals surface area contributed by atoms with Gasteiger partial charge in [0.2, 0.25) is 0 Å². The first-order chi connectivity index (χ1) is 5.18. The van der Waals surface area contributed by atoms with Gasteiger partial charge in [0.25, 0.3) is 0 Å². The van der Waals surface area contributed by atoms with Crippen LogP contribution in [0.4, 0.5) is 0 Å². The molecule has 0 rings (SSSR count). The van der Waals surface area contributed by atoms with Gasteiger partial charge in [-0.15, -0.1) is 0 Å². The molecule has 0 aromatic heterocycles. The maximum absolute atomic E-state index is 9.80. The molecule has 0 fully saturated rings. The summed E-state index contributed by atoms with van der Waals surface area (Å²) in [5.74, 6) is -0.944. The van der Waals surface area contributed by atoms with Crippen molar-refractivity contribution in [2.75, 3.05) is 0 Å². The number of nitrogens with two attached hydrogens (primary N) is 1. The molecular weight excluding hydrogens is 304 g/mol. The number of hydrogen-bond donors (Lipinski definition) is 4. The van der Waals surface area contributed by atoms with E-state index in [2.05, 4.69) is 16.0 Å². The Balaban J connectivity index is 0. The SMILES string of the molecule is N[C@@H](C[SeH])C(=O)O.O=[Se](=O)(O)O. The van der Waals surface area contributed by atoms with Gasteiger partial charge in [0.1, 0.15) is 0 Å². The summed E-state index contributed by atoms with van der Waals surface area (Å²) in [5, 5.41) is 8.48. The molecule has 0 amide bonds. The van der Waals surface area contributed by atoms with Gasteiger partial charge in [0.05, 0.1) is 0 Å². The Hall–Kier alpha value is -0.0110. The van der Waals surface area contributed by atoms with E-state index in [0.717, 1.165) is 0 Å². The first kappa shape index (κ1) is 14.5. The van der Waals surface area contributed by atoms with Gasteiger partial charge in [0.15, 0.2) is 0 Å². The molecule has 0 saturated carbocycles. The van der Waals surface area contributed by atoms with Gasteiger partial charge in [-0.25, -0.2) is 0 Å². The molecule has 0 aliphatic heterocycles. The summed E-state index contributed by atoms with van der Waals surface area (Å²) in [6.45, 7) is 0. The van der Waals surface area contributed by atoms with Crippen molar-refractivity contribution in [3.63, 3.8) is 0 Å². The zero-order chi connectivity index (χ0) is 10.4. The van der Waals surface area contributed by atoms with Gasteiger partial charge in [-0.2, -0.15) is 0 Å². The monoisotopic (exact) mass is 315 g/mol. The van der Waals surface area contributed by atoms with Gasteiger partial charge in [-0.05, 0) is 0 Å². The second kappa shape index (κ2) is 6.50. The fourth-order valence-electron chi connectivity index (χ4n) is 0.0781. The zero-order valence-corrected chi connectivity index (χ0v) is 9.37. The third kappa shape index (κ3) is 22.5. The van der Waals surface area contributed by atoms with Crippen LogP contribution in [0.15, 0.2) is 0 Å². The Morgan fingerprint density at radius 2 is 1.75 bits per heavy atom. The number of hydrogen-bond acceptors (Lipinski definition) is 4. The van der Waals surface area contributed by atoms with Crippen LogP contribution in [0.2, 0.25) is 5.32 Å². The molecule has 0 saturated heterocycles. The molecule has 74 valence electrons. The van der Waals surface area contributed by atoms with E-state index in [1.54, 1.807) is 0 Å². The van der Waals surface area contributed by atoms with Gasteiger partial charge in [-0.3, -0.25) is 0 Å². The fraction of sp³-hybridized carbons (Fsp3) is 0.667. The topological polar surface area (TPSA) is 138 Å². The second-order valence-electron chi connectivity index (χ2n) is 1.58. The first-order valence-corrected chi connectivity index (χ1v) is 6.73. The van der Waals surface area contributed by atoms with Crippen LogP contribution in [0.25, 0.3) is 0 Å². The molecule has 0 bridgehead atoms. The van der Waals surface area contributed by atoms with E-state index in [-0.39, 0.29) is 0 Å². The molecule has 0 unspecified atom stereocenters. The molecule has 5 N–H and O–H groups in total. The minimum absolute atomic E-state index is 0.433. The molecule has 9 heteroatoms. The first-order valence-electron chi connectivity index (χ1n) is 2.47. The zero-order valence-electron chi connectivity index (χ0n) is 5.78. The molecule has 0 heterocycles. The molecule has 7 nitrogen and oxygen atoms in total. The van der Waals surface area contributed by atoms with E-state index in [0.29, 0.717) is 5.32 Å². The van der Waals surface area contributed by atoms with Crippen molar-refractivity contribution in [3.8, 4) is 0 Å². The van der Waals surface area contributed by atoms with Gasteiger partial charge in [-0.1, -0.05) is 0 Å². The molecule has 0 radical (unpaired) electrons. The third-order valence-electron chi connectivity index (χ3n) is 0.514. The van der Waals surface area contributed by atoms with Crippen molar-refractivity contribution in [3.05, 3.63) is 0 Å². The van der Waals surface area contributed by atoms with Crippen LogP contribution in [0, 0.1) is 0 Å². The van der Waals surface area contributed by atoms with Gasteiger partial charge < -0.3 is 0 Å². The van der Waals surface area contributed by atoms with Crippen molar-refractivity contribution in [1.29, 1.82) is 0 Å². The predicted molar refractivity (Wildman–Crippen MR) is 39.1 cm³/mol. The Morgan fingerprint density at radius 1 is 1.50 bits per heavy atom. The summed E-state index contributed by atoms with van der Waals surface area (Å²) in [6, 6.07) is -0.708. The van der Waals surface area contributed by atoms with Crippen molar-refractivity contribution < 1.29 is 25.9 Å². The molecule has 0 aromatic rings. The van der Waals surface area contributed by atoms with E-state index < -0.39 is 25.4 Å². The molecule has 0 spiro atoms. The number of carbonyl (C=O) groups is 1. The quantitative estimate of drug-likeness (QED) is 0.398. The number of rotatable bonds is 2. The predicted octanol–water partition coefficient (Wildman–Crippen LogP) is -3.01. The summed E-state index contributed by atoms with van der Waals surface area (Å²) in [6.07, 6.45) is 0. The van der Waals surface area contributed by atoms with E-state index in [4.69, 9.17) is 26.9 Å². The van der Waals surface area contributed by atoms with E-state index >= 15 is 0 Å². The minimum atomic E-state index is -5.25. The van der Waals surface area contributed by atoms with Crippen LogP contribution in [0.3, 0.4) is 0 Å². The number of aliphatic carboxylic acids is 1. The summed E-state index contributed by atoms with van der Waals surface area (Å²) in [5.41, 5.74) is 5.00. The molecule has 0 aliphatic rings. The fourth-order valence-corrected chi connectivity index (χ4v) is 0.406. The molecule has 12 heavy (non-hydrogen) atoms. The molecule has 1 atom stereocenters. The summed E-state index contributed by atoms with van der Waals surface area (Å²) in [4.78, 5) is 9.80. The standard InChI is InChI=1S/C3H7NO2Se.H2O4Se/c4-2(1-7)3(5)6;1-5(2,3)4/h2,7H,1,4H2,(H,5,6);(H2,1,2,3,4)/t2-;/m0./s1. The van der Waals surface area contributed by atoms with E-state index in [9.17, 15) is 4.79 Å². The Bertz CT molecular complexity index is 215. The van der Waals surface area contributed by atoms with Crippen LogP contribution in [0.1, 0.15) is 0 Å². The number of carboxylic acids is 1. The Labute approximate surface area is 78.7 Å². The van der Waals surface area contributed by atoms with Crippen molar-refractivity contribution in [2.24, 2.45) is 5.73 Å². The Kier molecular flexibility index (Phi) is 7.86. The Morgan fingerprint density at radius 3 is 1.75 bits per heavy atom. The molecule has 0 aromatic carbocycles.